The van der Waals surface area contributed by atoms with Crippen molar-refractivity contribution in [3.63, 3.8) is 0 Å². The summed E-state index contributed by atoms with van der Waals surface area (Å²) in [5.74, 6) is 0. The summed E-state index contributed by atoms with van der Waals surface area (Å²) in [7, 11) is 0. The van der Waals surface area contributed by atoms with Gasteiger partial charge in [-0.3, -0.25) is 0 Å². The Labute approximate surface area is 206 Å². The van der Waals surface area contributed by atoms with Gasteiger partial charge < -0.3 is 0 Å². The summed E-state index contributed by atoms with van der Waals surface area (Å²) < 4.78 is 0. The molecular formula is C30H38Ti. The SMILES string of the molecule is CC1=CC(C)=C(C)C1.CC1=CC(C)=C(C)C1.[CH2-]c1ccccc1.[CH2-]c1ccccc1.[Ti+2]. The molecule has 0 heterocycles. The van der Waals surface area contributed by atoms with Crippen molar-refractivity contribution in [3.05, 3.63) is 131 Å². The molecule has 2 aliphatic carbocycles. The van der Waals surface area contributed by atoms with Crippen molar-refractivity contribution in [2.24, 2.45) is 0 Å². The molecule has 0 atom stereocenters. The molecule has 0 fully saturated rings. The van der Waals surface area contributed by atoms with E-state index in [1.807, 2.05) is 60.7 Å². The Morgan fingerprint density at radius 3 is 0.903 bits per heavy atom. The average molecular weight is 447 g/mol. The molecule has 0 N–H and O–H groups in total. The molecule has 0 spiro atoms. The second-order valence-corrected chi connectivity index (χ2v) is 8.23. The first-order valence-corrected chi connectivity index (χ1v) is 10.6. The second-order valence-electron chi connectivity index (χ2n) is 8.23. The molecule has 0 aliphatic heterocycles. The Bertz CT molecular complexity index is 816. The van der Waals surface area contributed by atoms with E-state index in [-0.39, 0.29) is 21.7 Å². The molecule has 0 bridgehead atoms. The van der Waals surface area contributed by atoms with Crippen molar-refractivity contribution in [2.75, 3.05) is 0 Å². The summed E-state index contributed by atoms with van der Waals surface area (Å²) in [6.45, 7) is 20.5. The van der Waals surface area contributed by atoms with Crippen LogP contribution < -0.4 is 0 Å². The average Bonchev–Trinajstić information content (AvgIpc) is 3.15. The largest absolute Gasteiger partial charge is 2.00 e. The summed E-state index contributed by atoms with van der Waals surface area (Å²) in [5, 5.41) is 0. The molecule has 2 aromatic carbocycles. The van der Waals surface area contributed by atoms with Crippen LogP contribution in [0.1, 0.15) is 65.5 Å². The number of allylic oxidation sites excluding steroid dienone is 8. The van der Waals surface area contributed by atoms with Gasteiger partial charge in [0, 0.05) is 0 Å². The first-order chi connectivity index (χ1) is 14.2. The fraction of sp³-hybridized carbons (Fsp3) is 0.267. The van der Waals surface area contributed by atoms with E-state index in [2.05, 4.69) is 67.5 Å². The maximum atomic E-state index is 3.72. The predicted octanol–water partition coefficient (Wildman–Crippen LogP) is 9.08. The zero-order valence-corrected chi connectivity index (χ0v) is 21.8. The van der Waals surface area contributed by atoms with Crippen molar-refractivity contribution in [1.82, 2.24) is 0 Å². The Kier molecular flexibility index (Phi) is 14.5. The third-order valence-electron chi connectivity index (χ3n) is 5.05. The van der Waals surface area contributed by atoms with Crippen molar-refractivity contribution in [3.8, 4) is 0 Å². The maximum Gasteiger partial charge on any atom is 2.00 e. The Hall–Kier alpha value is -2.15. The van der Waals surface area contributed by atoms with Gasteiger partial charge in [-0.25, -0.2) is 0 Å². The molecule has 0 saturated carbocycles. The molecule has 31 heavy (non-hydrogen) atoms. The van der Waals surface area contributed by atoms with Crippen molar-refractivity contribution in [2.45, 2.75) is 54.4 Å². The van der Waals surface area contributed by atoms with E-state index < -0.39 is 0 Å². The van der Waals surface area contributed by atoms with Gasteiger partial charge in [0.2, 0.25) is 0 Å². The van der Waals surface area contributed by atoms with Gasteiger partial charge in [0.1, 0.15) is 0 Å². The fourth-order valence-electron chi connectivity index (χ4n) is 3.16. The zero-order chi connectivity index (χ0) is 22.5. The minimum Gasteiger partial charge on any atom is -0.199 e. The molecular weight excluding hydrogens is 408 g/mol. The third-order valence-corrected chi connectivity index (χ3v) is 5.05. The van der Waals surface area contributed by atoms with Crippen molar-refractivity contribution >= 4 is 0 Å². The standard InChI is InChI=1S/2C8H12.2C7H7.Ti/c2*1-6-4-7(2)8(3)5-6;2*1-7-5-3-2-4-6-7;/h2*4H,5H2,1-3H3;2*2-6H,1H2;/q;;2*-1;+2. The van der Waals surface area contributed by atoms with Gasteiger partial charge in [-0.05, 0) is 54.4 Å². The van der Waals surface area contributed by atoms with Gasteiger partial charge in [0.15, 0.2) is 0 Å². The molecule has 1 heteroatoms. The third kappa shape index (κ3) is 13.0. The number of benzene rings is 2. The van der Waals surface area contributed by atoms with Gasteiger partial charge in [-0.2, -0.15) is 49.2 Å². The van der Waals surface area contributed by atoms with Crippen LogP contribution in [0.5, 0.6) is 0 Å². The Morgan fingerprint density at radius 1 is 0.516 bits per heavy atom. The second kappa shape index (κ2) is 15.6. The zero-order valence-electron chi connectivity index (χ0n) is 20.3. The summed E-state index contributed by atoms with van der Waals surface area (Å²) in [5.41, 5.74) is 11.1. The van der Waals surface area contributed by atoms with E-state index in [1.165, 1.54) is 46.3 Å². The summed E-state index contributed by atoms with van der Waals surface area (Å²) in [6, 6.07) is 19.7. The van der Waals surface area contributed by atoms with Crippen molar-refractivity contribution in [1.29, 1.82) is 0 Å². The normalized spacial score (nSPS) is 14.0. The minimum absolute atomic E-state index is 0. The smallest absolute Gasteiger partial charge is 0.199 e. The molecule has 0 radical (unpaired) electrons. The van der Waals surface area contributed by atoms with E-state index in [1.54, 1.807) is 0 Å². The molecule has 2 aromatic rings. The van der Waals surface area contributed by atoms with Crippen LogP contribution >= 0.6 is 0 Å². The van der Waals surface area contributed by atoms with Crippen molar-refractivity contribution < 1.29 is 21.7 Å². The van der Waals surface area contributed by atoms with E-state index in [0.717, 1.165) is 11.1 Å². The quantitative estimate of drug-likeness (QED) is 0.280. The number of rotatable bonds is 0. The van der Waals surface area contributed by atoms with Gasteiger partial charge in [-0.15, -0.1) is 24.3 Å². The fourth-order valence-corrected chi connectivity index (χ4v) is 3.16. The van der Waals surface area contributed by atoms with E-state index in [0.29, 0.717) is 0 Å². The van der Waals surface area contributed by atoms with Gasteiger partial charge in [0.25, 0.3) is 0 Å². The van der Waals surface area contributed by atoms with Crippen LogP contribution in [0.2, 0.25) is 0 Å². The topological polar surface area (TPSA) is 0 Å². The van der Waals surface area contributed by atoms with Crippen LogP contribution in [0.3, 0.4) is 0 Å². The van der Waals surface area contributed by atoms with Gasteiger partial charge in [0.05, 0.1) is 0 Å². The molecule has 0 aromatic heterocycles. The minimum atomic E-state index is 0. The Morgan fingerprint density at radius 2 is 0.806 bits per heavy atom. The van der Waals surface area contributed by atoms with Gasteiger partial charge >= 0.3 is 21.7 Å². The summed E-state index contributed by atoms with van der Waals surface area (Å²) in [6.07, 6.45) is 6.92. The monoisotopic (exact) mass is 446 g/mol. The summed E-state index contributed by atoms with van der Waals surface area (Å²) >= 11 is 0. The van der Waals surface area contributed by atoms with E-state index in [4.69, 9.17) is 0 Å². The maximum absolute atomic E-state index is 3.72. The predicted molar refractivity (Wildman–Crippen MR) is 135 cm³/mol. The molecule has 2 aliphatic rings. The van der Waals surface area contributed by atoms with Crippen LogP contribution in [0.15, 0.2) is 106 Å². The van der Waals surface area contributed by atoms with Crippen LogP contribution in [-0.4, -0.2) is 0 Å². The molecule has 162 valence electrons. The van der Waals surface area contributed by atoms with Crippen LogP contribution in [0.25, 0.3) is 0 Å². The van der Waals surface area contributed by atoms with Crippen LogP contribution in [-0.2, 0) is 21.7 Å². The molecule has 0 unspecified atom stereocenters. The van der Waals surface area contributed by atoms with Crippen LogP contribution in [0, 0.1) is 13.8 Å². The van der Waals surface area contributed by atoms with E-state index >= 15 is 0 Å². The first kappa shape index (κ1) is 28.9. The molecule has 0 saturated heterocycles. The number of hydrogen-bond acceptors (Lipinski definition) is 0. The first-order valence-electron chi connectivity index (χ1n) is 10.6. The molecule has 0 amide bonds. The summed E-state index contributed by atoms with van der Waals surface area (Å²) in [4.78, 5) is 0. The van der Waals surface area contributed by atoms with Gasteiger partial charge in [-0.1, -0.05) is 57.7 Å². The molecule has 0 nitrogen and oxygen atoms in total. The van der Waals surface area contributed by atoms with Crippen LogP contribution in [0.4, 0.5) is 0 Å². The molecule has 4 rings (SSSR count). The number of hydrogen-bond donors (Lipinski definition) is 0. The Balaban J connectivity index is 0.000000384. The van der Waals surface area contributed by atoms with E-state index in [9.17, 15) is 0 Å².